The molecule has 1 aromatic rings. The lowest BCUT2D eigenvalue weighted by atomic mass is 10.1. The molecule has 0 aliphatic heterocycles. The third-order valence-corrected chi connectivity index (χ3v) is 3.20. The summed E-state index contributed by atoms with van der Waals surface area (Å²) in [6, 6.07) is 5.63. The van der Waals surface area contributed by atoms with Crippen LogP contribution in [0.15, 0.2) is 24.3 Å². The van der Waals surface area contributed by atoms with Crippen LogP contribution in [0.2, 0.25) is 5.02 Å². The topological polar surface area (TPSA) is 49.8 Å². The fraction of sp³-hybridized carbons (Fsp3) is 0.357. The van der Waals surface area contributed by atoms with Crippen LogP contribution >= 0.6 is 11.6 Å². The van der Waals surface area contributed by atoms with Gasteiger partial charge < -0.3 is 14.7 Å². The van der Waals surface area contributed by atoms with Gasteiger partial charge in [-0.3, -0.25) is 0 Å². The first-order chi connectivity index (χ1) is 8.97. The Balaban J connectivity index is 3.12. The molecule has 1 atom stereocenters. The van der Waals surface area contributed by atoms with Crippen LogP contribution in [0.1, 0.15) is 12.5 Å². The van der Waals surface area contributed by atoms with Crippen molar-refractivity contribution in [3.63, 3.8) is 0 Å². The molecule has 5 heteroatoms. The van der Waals surface area contributed by atoms with Crippen LogP contribution in [0.25, 0.3) is 6.08 Å². The van der Waals surface area contributed by atoms with Gasteiger partial charge in [0.15, 0.2) is 0 Å². The number of hydrogen-bond donors (Lipinski definition) is 1. The van der Waals surface area contributed by atoms with Crippen molar-refractivity contribution in [2.75, 3.05) is 25.7 Å². The Kier molecular flexibility index (Phi) is 5.86. The number of likely N-dealkylation sites (N-methyl/N-ethyl adjacent to an activating group) is 1. The van der Waals surface area contributed by atoms with Crippen LogP contribution < -0.4 is 4.90 Å². The normalized spacial score (nSPS) is 12.6. The van der Waals surface area contributed by atoms with Crippen LogP contribution in [0.5, 0.6) is 0 Å². The molecule has 19 heavy (non-hydrogen) atoms. The molecule has 0 heterocycles. The summed E-state index contributed by atoms with van der Waals surface area (Å²) in [5, 5.41) is 9.24. The Labute approximate surface area is 118 Å². The monoisotopic (exact) mass is 283 g/mol. The quantitative estimate of drug-likeness (QED) is 0.816. The average Bonchev–Trinajstić information content (AvgIpc) is 2.36. The van der Waals surface area contributed by atoms with Gasteiger partial charge in [-0.1, -0.05) is 17.7 Å². The molecule has 1 unspecified atom stereocenters. The van der Waals surface area contributed by atoms with Crippen molar-refractivity contribution >= 4 is 29.3 Å². The molecule has 0 aromatic heterocycles. The molecule has 1 rings (SSSR count). The highest BCUT2D eigenvalue weighted by Gasteiger charge is 2.14. The highest BCUT2D eigenvalue weighted by molar-refractivity contribution is 6.32. The third-order valence-electron chi connectivity index (χ3n) is 2.87. The standard InChI is InChI=1S/C14H18ClNO3/c1-10(9-19-3)16(2)13-6-4-5-12(15)11(13)7-8-14(17)18/h4-8,10H,9H2,1-3H3,(H,17,18)/b8-7+. The second kappa shape index (κ2) is 7.16. The SMILES string of the molecule is COCC(C)N(C)c1cccc(Cl)c1/C=C/C(=O)O. The number of anilines is 1. The Morgan fingerprint density at radius 3 is 2.84 bits per heavy atom. The van der Waals surface area contributed by atoms with Gasteiger partial charge in [-0.05, 0) is 25.1 Å². The number of benzene rings is 1. The highest BCUT2D eigenvalue weighted by atomic mass is 35.5. The van der Waals surface area contributed by atoms with Gasteiger partial charge >= 0.3 is 5.97 Å². The van der Waals surface area contributed by atoms with Gasteiger partial charge in [0.25, 0.3) is 0 Å². The summed E-state index contributed by atoms with van der Waals surface area (Å²) in [5.41, 5.74) is 1.56. The van der Waals surface area contributed by atoms with E-state index < -0.39 is 5.97 Å². The molecule has 0 fully saturated rings. The minimum absolute atomic E-state index is 0.153. The number of carboxylic acids is 1. The van der Waals surface area contributed by atoms with E-state index in [0.717, 1.165) is 11.8 Å². The Morgan fingerprint density at radius 2 is 2.26 bits per heavy atom. The number of methoxy groups -OCH3 is 1. The number of ether oxygens (including phenoxy) is 1. The summed E-state index contributed by atoms with van der Waals surface area (Å²) >= 11 is 6.14. The maximum atomic E-state index is 10.6. The number of nitrogens with zero attached hydrogens (tertiary/aromatic N) is 1. The van der Waals surface area contributed by atoms with Gasteiger partial charge in [0.2, 0.25) is 0 Å². The summed E-state index contributed by atoms with van der Waals surface area (Å²) < 4.78 is 5.13. The zero-order chi connectivity index (χ0) is 14.4. The van der Waals surface area contributed by atoms with E-state index in [1.165, 1.54) is 6.08 Å². The second-order valence-corrected chi connectivity index (χ2v) is 4.67. The van der Waals surface area contributed by atoms with E-state index >= 15 is 0 Å². The van der Waals surface area contributed by atoms with E-state index in [1.54, 1.807) is 13.2 Å². The number of aliphatic carboxylic acids is 1. The molecular formula is C14H18ClNO3. The van der Waals surface area contributed by atoms with Crippen molar-refractivity contribution < 1.29 is 14.6 Å². The molecule has 0 saturated carbocycles. The molecule has 1 aromatic carbocycles. The number of carbonyl (C=O) groups is 1. The van der Waals surface area contributed by atoms with Gasteiger partial charge in [0.1, 0.15) is 0 Å². The maximum Gasteiger partial charge on any atom is 0.328 e. The van der Waals surface area contributed by atoms with Crippen LogP contribution in [0.3, 0.4) is 0 Å². The molecule has 104 valence electrons. The summed E-state index contributed by atoms with van der Waals surface area (Å²) in [5.74, 6) is -1.00. The fourth-order valence-corrected chi connectivity index (χ4v) is 1.98. The first kappa shape index (κ1) is 15.5. The minimum atomic E-state index is -1.00. The fourth-order valence-electron chi connectivity index (χ4n) is 1.74. The molecular weight excluding hydrogens is 266 g/mol. The predicted octanol–water partition coefficient (Wildman–Crippen LogP) is 2.91. The van der Waals surface area contributed by atoms with Crippen LogP contribution in [0, 0.1) is 0 Å². The third kappa shape index (κ3) is 4.26. The summed E-state index contributed by atoms with van der Waals surface area (Å²) in [6.45, 7) is 2.60. The van der Waals surface area contributed by atoms with Gasteiger partial charge in [-0.25, -0.2) is 4.79 Å². The number of halogens is 1. The van der Waals surface area contributed by atoms with E-state index in [9.17, 15) is 4.79 Å². The lowest BCUT2D eigenvalue weighted by Crippen LogP contribution is -2.33. The maximum absolute atomic E-state index is 10.6. The van der Waals surface area contributed by atoms with Crippen molar-refractivity contribution in [2.45, 2.75) is 13.0 Å². The molecule has 1 N–H and O–H groups in total. The summed E-state index contributed by atoms with van der Waals surface area (Å²) in [7, 11) is 3.57. The molecule has 0 aliphatic carbocycles. The van der Waals surface area contributed by atoms with Crippen LogP contribution in [-0.2, 0) is 9.53 Å². The predicted molar refractivity (Wildman–Crippen MR) is 77.9 cm³/mol. The second-order valence-electron chi connectivity index (χ2n) is 4.26. The number of carboxylic acid groups (broad SMARTS) is 1. The van der Waals surface area contributed by atoms with Crippen molar-refractivity contribution in [2.24, 2.45) is 0 Å². The molecule has 0 spiro atoms. The minimum Gasteiger partial charge on any atom is -0.478 e. The first-order valence-corrected chi connectivity index (χ1v) is 6.26. The van der Waals surface area contributed by atoms with Gasteiger partial charge in [-0.2, -0.15) is 0 Å². The first-order valence-electron chi connectivity index (χ1n) is 5.88. The molecule has 0 amide bonds. The van der Waals surface area contributed by atoms with Crippen molar-refractivity contribution in [3.8, 4) is 0 Å². The van der Waals surface area contributed by atoms with Crippen molar-refractivity contribution in [1.29, 1.82) is 0 Å². The molecule has 0 saturated heterocycles. The Bertz CT molecular complexity index is 474. The average molecular weight is 284 g/mol. The smallest absolute Gasteiger partial charge is 0.328 e. The van der Waals surface area contributed by atoms with Crippen molar-refractivity contribution in [3.05, 3.63) is 34.9 Å². The van der Waals surface area contributed by atoms with E-state index in [-0.39, 0.29) is 6.04 Å². The summed E-state index contributed by atoms with van der Waals surface area (Å²) in [4.78, 5) is 12.6. The van der Waals surface area contributed by atoms with Gasteiger partial charge in [0, 0.05) is 42.5 Å². The van der Waals surface area contributed by atoms with Crippen LogP contribution in [-0.4, -0.2) is 37.9 Å². The highest BCUT2D eigenvalue weighted by Crippen LogP contribution is 2.29. The molecule has 0 bridgehead atoms. The zero-order valence-corrected chi connectivity index (χ0v) is 12.0. The van der Waals surface area contributed by atoms with Gasteiger partial charge in [0.05, 0.1) is 6.61 Å². The Hall–Kier alpha value is -1.52. The van der Waals surface area contributed by atoms with E-state index in [2.05, 4.69) is 0 Å². The van der Waals surface area contributed by atoms with Crippen molar-refractivity contribution in [1.82, 2.24) is 0 Å². The molecule has 0 aliphatic rings. The van der Waals surface area contributed by atoms with Crippen LogP contribution in [0.4, 0.5) is 5.69 Å². The van der Waals surface area contributed by atoms with E-state index in [0.29, 0.717) is 17.2 Å². The van der Waals surface area contributed by atoms with E-state index in [4.69, 9.17) is 21.4 Å². The largest absolute Gasteiger partial charge is 0.478 e. The summed E-state index contributed by atoms with van der Waals surface area (Å²) in [6.07, 6.45) is 2.59. The zero-order valence-electron chi connectivity index (χ0n) is 11.3. The molecule has 0 radical (unpaired) electrons. The van der Waals surface area contributed by atoms with Gasteiger partial charge in [-0.15, -0.1) is 0 Å². The Morgan fingerprint density at radius 1 is 1.58 bits per heavy atom. The number of hydrogen-bond acceptors (Lipinski definition) is 3. The number of rotatable bonds is 6. The lowest BCUT2D eigenvalue weighted by molar-refractivity contribution is -0.131. The molecule has 4 nitrogen and oxygen atoms in total. The van der Waals surface area contributed by atoms with E-state index in [1.807, 2.05) is 31.0 Å². The lowest BCUT2D eigenvalue weighted by Gasteiger charge is -2.28.